The molecular weight excluding hydrogens is 575 g/mol. The first-order valence-electron chi connectivity index (χ1n) is 13.7. The lowest BCUT2D eigenvalue weighted by molar-refractivity contribution is -0.127. The van der Waals surface area contributed by atoms with Crippen molar-refractivity contribution in [2.75, 3.05) is 13.1 Å². The van der Waals surface area contributed by atoms with E-state index in [1.807, 2.05) is 41.0 Å². The van der Waals surface area contributed by atoms with Crippen LogP contribution in [0.25, 0.3) is 11.0 Å². The molecule has 0 bridgehead atoms. The largest absolute Gasteiger partial charge is 0.370 e. The van der Waals surface area contributed by atoms with E-state index in [9.17, 15) is 14.4 Å². The van der Waals surface area contributed by atoms with Crippen LogP contribution in [0.5, 0.6) is 0 Å². The molecule has 3 amide bonds. The fraction of sp³-hybridized carbons (Fsp3) is 0.357. The molecule has 3 aromatic rings. The van der Waals surface area contributed by atoms with E-state index in [2.05, 4.69) is 20.6 Å². The van der Waals surface area contributed by atoms with Gasteiger partial charge >= 0.3 is 0 Å². The zero-order valence-corrected chi connectivity index (χ0v) is 24.7. The number of fused-ring (bicyclic) bond motifs is 1. The lowest BCUT2D eigenvalue weighted by Gasteiger charge is -2.15. The quantitative estimate of drug-likeness (QED) is 0.0685. The number of primary amides is 1. The number of H-pyrrole nitrogens is 1. The molecule has 1 unspecified atom stereocenters. The van der Waals surface area contributed by atoms with E-state index in [-0.39, 0.29) is 17.9 Å². The number of nitrogens with one attached hydrogen (secondary N) is 3. The second-order valence-corrected chi connectivity index (χ2v) is 10.9. The maximum atomic E-state index is 12.9. The summed E-state index contributed by atoms with van der Waals surface area (Å²) >= 11 is 11.0. The van der Waals surface area contributed by atoms with Crippen molar-refractivity contribution in [3.63, 3.8) is 0 Å². The number of nitrogens with zero attached hydrogens (tertiary/aromatic N) is 3. The Kier molecular flexibility index (Phi) is 10.3. The molecular formula is C28H35N9O3S2. The van der Waals surface area contributed by atoms with E-state index in [4.69, 9.17) is 41.6 Å². The highest BCUT2D eigenvalue weighted by Crippen LogP contribution is 2.19. The molecule has 14 heteroatoms. The zero-order valence-electron chi connectivity index (χ0n) is 23.0. The Hall–Kier alpha value is -4.30. The lowest BCUT2D eigenvalue weighted by atomic mass is 10.1. The number of hydrogen-bond donors (Lipinski definition) is 6. The molecule has 1 saturated heterocycles. The molecule has 1 aromatic heterocycles. The number of imidazole rings is 1. The van der Waals surface area contributed by atoms with Gasteiger partial charge in [0.2, 0.25) is 5.91 Å². The third kappa shape index (κ3) is 7.70. The second kappa shape index (κ2) is 14.0. The fourth-order valence-corrected chi connectivity index (χ4v) is 5.50. The SMILES string of the molecule is NC(=O)[C@H](CCCN=C(N)N)NC(=O)c1ccc2c(c1)[nH]c(=S)n2CCCCN1C(=O)C(Cc2ccccc2)NC1=S. The summed E-state index contributed by atoms with van der Waals surface area (Å²) in [6.07, 6.45) is 2.86. The molecule has 2 aromatic carbocycles. The van der Waals surface area contributed by atoms with Crippen LogP contribution < -0.4 is 27.8 Å². The first kappa shape index (κ1) is 30.7. The van der Waals surface area contributed by atoms with E-state index < -0.39 is 17.9 Å². The van der Waals surface area contributed by atoms with Gasteiger partial charge in [-0.3, -0.25) is 24.3 Å². The third-order valence-corrected chi connectivity index (χ3v) is 7.69. The highest BCUT2D eigenvalue weighted by molar-refractivity contribution is 7.80. The molecule has 222 valence electrons. The third-order valence-electron chi connectivity index (χ3n) is 7.03. The molecule has 0 radical (unpaired) electrons. The van der Waals surface area contributed by atoms with Gasteiger partial charge in [-0.05, 0) is 73.9 Å². The van der Waals surface area contributed by atoms with Crippen molar-refractivity contribution in [2.45, 2.75) is 50.7 Å². The standard InChI is InChI=1S/C28H35N9O3S2/c29-23(38)19(9-6-12-32-26(30)31)33-24(39)18-10-11-22-20(16-18)34-27(41)36(22)13-4-5-14-37-25(40)21(35-28(37)42)15-17-7-2-1-3-8-17/h1-3,7-8,10-11,16,19,21H,4-6,9,12-15H2,(H2,29,38)(H,33,39)(H,34,41)(H,35,42)(H4,30,31,32)/t19-,21?/m0/s1. The van der Waals surface area contributed by atoms with Gasteiger partial charge in [-0.1, -0.05) is 30.3 Å². The topological polar surface area (TPSA) is 190 Å². The number of thiocarbonyl (C=S) groups is 1. The summed E-state index contributed by atoms with van der Waals surface area (Å²) in [5, 5.41) is 6.29. The molecule has 0 spiro atoms. The van der Waals surface area contributed by atoms with Crippen LogP contribution in [-0.2, 0) is 22.6 Å². The average Bonchev–Trinajstić information content (AvgIpc) is 3.41. The number of amides is 3. The number of benzene rings is 2. The Morgan fingerprint density at radius 3 is 2.48 bits per heavy atom. The van der Waals surface area contributed by atoms with Gasteiger partial charge in [0, 0.05) is 31.6 Å². The monoisotopic (exact) mass is 609 g/mol. The number of aryl methyl sites for hydroxylation is 1. The first-order valence-corrected chi connectivity index (χ1v) is 14.5. The van der Waals surface area contributed by atoms with Crippen molar-refractivity contribution in [3.05, 3.63) is 64.4 Å². The number of aliphatic imine (C=N–C) groups is 1. The van der Waals surface area contributed by atoms with Crippen LogP contribution in [0, 0.1) is 4.77 Å². The summed E-state index contributed by atoms with van der Waals surface area (Å²) in [5.74, 6) is -1.12. The van der Waals surface area contributed by atoms with Crippen LogP contribution in [0.2, 0.25) is 0 Å². The Bertz CT molecular complexity index is 1550. The summed E-state index contributed by atoms with van der Waals surface area (Å²) in [7, 11) is 0. The minimum atomic E-state index is -0.857. The summed E-state index contributed by atoms with van der Waals surface area (Å²) in [5.41, 5.74) is 19.1. The average molecular weight is 610 g/mol. The van der Waals surface area contributed by atoms with E-state index in [1.54, 1.807) is 17.0 Å². The number of aromatic nitrogens is 2. The number of carbonyl (C=O) groups excluding carboxylic acids is 3. The van der Waals surface area contributed by atoms with Crippen molar-refractivity contribution in [2.24, 2.45) is 22.2 Å². The predicted molar refractivity (Wildman–Crippen MR) is 168 cm³/mol. The molecule has 1 aliphatic rings. The zero-order chi connectivity index (χ0) is 30.2. The number of carbonyl (C=O) groups is 3. The van der Waals surface area contributed by atoms with Crippen LogP contribution in [0.3, 0.4) is 0 Å². The first-order chi connectivity index (χ1) is 20.1. The van der Waals surface area contributed by atoms with Crippen molar-refractivity contribution in [3.8, 4) is 0 Å². The number of nitrogens with two attached hydrogens (primary N) is 3. The number of guanidine groups is 1. The molecule has 1 fully saturated rings. The molecule has 42 heavy (non-hydrogen) atoms. The highest BCUT2D eigenvalue weighted by atomic mass is 32.1. The maximum Gasteiger partial charge on any atom is 0.252 e. The molecule has 2 heterocycles. The molecule has 9 N–H and O–H groups in total. The van der Waals surface area contributed by atoms with Crippen molar-refractivity contribution < 1.29 is 14.4 Å². The van der Waals surface area contributed by atoms with E-state index in [0.717, 1.165) is 23.9 Å². The van der Waals surface area contributed by atoms with Crippen LogP contribution in [0.4, 0.5) is 0 Å². The molecule has 0 aliphatic carbocycles. The van der Waals surface area contributed by atoms with E-state index in [1.165, 1.54) is 0 Å². The van der Waals surface area contributed by atoms with Gasteiger partial charge in [0.25, 0.3) is 11.8 Å². The van der Waals surface area contributed by atoms with Crippen LogP contribution in [-0.4, -0.2) is 68.4 Å². The number of rotatable bonds is 14. The molecule has 4 rings (SSSR count). The van der Waals surface area contributed by atoms with Crippen molar-refractivity contribution in [1.29, 1.82) is 0 Å². The molecule has 2 atom stereocenters. The van der Waals surface area contributed by atoms with Gasteiger partial charge in [0.1, 0.15) is 12.1 Å². The van der Waals surface area contributed by atoms with E-state index in [0.29, 0.717) is 59.9 Å². The van der Waals surface area contributed by atoms with Gasteiger partial charge in [-0.15, -0.1) is 0 Å². The highest BCUT2D eigenvalue weighted by Gasteiger charge is 2.34. The Balaban J connectivity index is 1.31. The minimum absolute atomic E-state index is 0.00861. The van der Waals surface area contributed by atoms with Crippen LogP contribution in [0.15, 0.2) is 53.5 Å². The van der Waals surface area contributed by atoms with Crippen LogP contribution in [0.1, 0.15) is 41.6 Å². The van der Waals surface area contributed by atoms with Gasteiger partial charge in [-0.25, -0.2) is 0 Å². The number of unbranched alkanes of at least 4 members (excludes halogenated alkanes) is 1. The van der Waals surface area contributed by atoms with Gasteiger partial charge in [-0.2, -0.15) is 0 Å². The summed E-state index contributed by atoms with van der Waals surface area (Å²) in [4.78, 5) is 46.3. The summed E-state index contributed by atoms with van der Waals surface area (Å²) in [6.45, 7) is 1.47. The smallest absolute Gasteiger partial charge is 0.252 e. The van der Waals surface area contributed by atoms with Crippen molar-refractivity contribution >= 4 is 64.3 Å². The summed E-state index contributed by atoms with van der Waals surface area (Å²) in [6, 6.07) is 13.8. The van der Waals surface area contributed by atoms with Gasteiger partial charge < -0.3 is 37.4 Å². The maximum absolute atomic E-state index is 12.9. The fourth-order valence-electron chi connectivity index (χ4n) is 4.87. The lowest BCUT2D eigenvalue weighted by Crippen LogP contribution is -2.44. The van der Waals surface area contributed by atoms with E-state index >= 15 is 0 Å². The Morgan fingerprint density at radius 1 is 1.02 bits per heavy atom. The van der Waals surface area contributed by atoms with Crippen LogP contribution >= 0.6 is 24.4 Å². The van der Waals surface area contributed by atoms with Crippen molar-refractivity contribution in [1.82, 2.24) is 25.1 Å². The molecule has 1 aliphatic heterocycles. The Labute approximate surface area is 253 Å². The number of hydrogen-bond acceptors (Lipinski definition) is 6. The predicted octanol–water partition coefficient (Wildman–Crippen LogP) is 1.44. The Morgan fingerprint density at radius 2 is 1.76 bits per heavy atom. The second-order valence-electron chi connectivity index (χ2n) is 10.1. The van der Waals surface area contributed by atoms with Gasteiger partial charge in [0.05, 0.1) is 11.0 Å². The van der Waals surface area contributed by atoms with Gasteiger partial charge in [0.15, 0.2) is 15.8 Å². The summed E-state index contributed by atoms with van der Waals surface area (Å²) < 4.78 is 2.48. The number of aromatic amines is 1. The normalized spacial score (nSPS) is 15.4. The molecule has 12 nitrogen and oxygen atoms in total. The molecule has 0 saturated carbocycles. The minimum Gasteiger partial charge on any atom is -0.370 e.